The third-order valence-corrected chi connectivity index (χ3v) is 4.51. The number of hydroxylamine groups is 1. The Labute approximate surface area is 169 Å². The van der Waals surface area contributed by atoms with Crippen LogP contribution >= 0.6 is 12.4 Å². The third-order valence-electron chi connectivity index (χ3n) is 4.51. The number of ether oxygens (including phenoxy) is 1. The van der Waals surface area contributed by atoms with E-state index in [2.05, 4.69) is 10.6 Å². The van der Waals surface area contributed by atoms with Crippen molar-refractivity contribution in [1.29, 1.82) is 0 Å². The average molecular weight is 406 g/mol. The second-order valence-corrected chi connectivity index (χ2v) is 6.42. The lowest BCUT2D eigenvalue weighted by Crippen LogP contribution is -2.48. The van der Waals surface area contributed by atoms with Gasteiger partial charge in [-0.1, -0.05) is 36.4 Å². The van der Waals surface area contributed by atoms with Crippen LogP contribution in [0.3, 0.4) is 0 Å². The number of carbonyl (C=O) groups excluding carboxylic acids is 2. The van der Waals surface area contributed by atoms with Crippen LogP contribution in [0.4, 0.5) is 0 Å². The predicted molar refractivity (Wildman–Crippen MR) is 107 cm³/mol. The summed E-state index contributed by atoms with van der Waals surface area (Å²) >= 11 is 0. The summed E-state index contributed by atoms with van der Waals surface area (Å²) < 4.78 is 5.32. The van der Waals surface area contributed by atoms with Gasteiger partial charge in [0, 0.05) is 13.1 Å². The van der Waals surface area contributed by atoms with Crippen molar-refractivity contribution in [2.45, 2.75) is 25.4 Å². The zero-order chi connectivity index (χ0) is 19.1. The normalized spacial score (nSPS) is 15.0. The molecule has 0 aliphatic carbocycles. The van der Waals surface area contributed by atoms with Crippen LogP contribution in [-0.2, 0) is 29.0 Å². The van der Waals surface area contributed by atoms with Gasteiger partial charge in [0.05, 0.1) is 6.04 Å². The lowest BCUT2D eigenvalue weighted by Gasteiger charge is -2.26. The first-order chi connectivity index (χ1) is 13.2. The summed E-state index contributed by atoms with van der Waals surface area (Å²) in [7, 11) is 0. The van der Waals surface area contributed by atoms with Crippen molar-refractivity contribution < 1.29 is 19.5 Å². The molecule has 2 amide bonds. The van der Waals surface area contributed by atoms with Crippen molar-refractivity contribution in [2.75, 3.05) is 13.2 Å². The van der Waals surface area contributed by atoms with Crippen LogP contribution in [0.1, 0.15) is 16.7 Å². The first kappa shape index (κ1) is 21.7. The van der Waals surface area contributed by atoms with Crippen LogP contribution in [0.5, 0.6) is 5.75 Å². The molecule has 1 aliphatic rings. The largest absolute Gasteiger partial charge is 0.484 e. The summed E-state index contributed by atoms with van der Waals surface area (Å²) in [6, 6.07) is 15.3. The number of hydrogen-bond donors (Lipinski definition) is 4. The van der Waals surface area contributed by atoms with Gasteiger partial charge in [-0.3, -0.25) is 14.8 Å². The molecule has 0 aromatic heterocycles. The maximum Gasteiger partial charge on any atom is 0.281 e. The van der Waals surface area contributed by atoms with Crippen LogP contribution in [0.15, 0.2) is 48.5 Å². The summed E-state index contributed by atoms with van der Waals surface area (Å²) in [6.07, 6.45) is 1.40. The molecular weight excluding hydrogens is 382 g/mol. The van der Waals surface area contributed by atoms with Gasteiger partial charge in [0.2, 0.25) is 5.91 Å². The smallest absolute Gasteiger partial charge is 0.281 e. The second-order valence-electron chi connectivity index (χ2n) is 6.42. The van der Waals surface area contributed by atoms with Gasteiger partial charge in [-0.2, -0.15) is 0 Å². The van der Waals surface area contributed by atoms with E-state index < -0.39 is 5.91 Å². The number of carbonyl (C=O) groups is 2. The minimum Gasteiger partial charge on any atom is -0.484 e. The molecule has 0 spiro atoms. The Hall–Kier alpha value is -2.61. The summed E-state index contributed by atoms with van der Waals surface area (Å²) in [5.41, 5.74) is 4.83. The molecule has 1 heterocycles. The Kier molecular flexibility index (Phi) is 8.25. The molecule has 8 heteroatoms. The molecular formula is C20H24ClN3O4. The number of nitrogens with one attached hydrogen (secondary N) is 3. The van der Waals surface area contributed by atoms with E-state index in [1.807, 2.05) is 42.5 Å². The summed E-state index contributed by atoms with van der Waals surface area (Å²) in [5.74, 6) is -0.0699. The lowest BCUT2D eigenvalue weighted by atomic mass is 9.95. The fourth-order valence-electron chi connectivity index (χ4n) is 3.05. The van der Waals surface area contributed by atoms with Crippen molar-refractivity contribution in [3.05, 3.63) is 65.2 Å². The SMILES string of the molecule is Cl.O=C(COc1ccc2c(c1)CN[C@H](C(=O)NCCc1ccccc1)C2)NO. The monoisotopic (exact) mass is 405 g/mol. The van der Waals surface area contributed by atoms with Gasteiger partial charge >= 0.3 is 0 Å². The Morgan fingerprint density at radius 1 is 1.14 bits per heavy atom. The molecule has 0 bridgehead atoms. The zero-order valence-corrected chi connectivity index (χ0v) is 16.1. The highest BCUT2D eigenvalue weighted by Crippen LogP contribution is 2.22. The fourth-order valence-corrected chi connectivity index (χ4v) is 3.05. The minimum atomic E-state index is -0.613. The molecule has 0 fully saturated rings. The van der Waals surface area contributed by atoms with Crippen LogP contribution in [-0.4, -0.2) is 36.2 Å². The zero-order valence-electron chi connectivity index (χ0n) is 15.3. The van der Waals surface area contributed by atoms with E-state index in [0.717, 1.165) is 17.5 Å². The molecule has 3 rings (SSSR count). The Morgan fingerprint density at radius 2 is 1.93 bits per heavy atom. The number of rotatable bonds is 7. The van der Waals surface area contributed by atoms with E-state index in [0.29, 0.717) is 25.3 Å². The number of benzene rings is 2. The van der Waals surface area contributed by atoms with E-state index in [9.17, 15) is 9.59 Å². The van der Waals surface area contributed by atoms with E-state index in [4.69, 9.17) is 9.94 Å². The standard InChI is InChI=1S/C20H23N3O4.ClH/c24-19(23-26)13-27-17-7-6-15-11-18(22-12-16(15)10-17)20(25)21-9-8-14-4-2-1-3-5-14;/h1-7,10,18,22,26H,8-9,11-13H2,(H,21,25)(H,23,24);1H/t18-;/m0./s1. The van der Waals surface area contributed by atoms with Crippen LogP contribution in [0.25, 0.3) is 0 Å². The Morgan fingerprint density at radius 3 is 2.68 bits per heavy atom. The molecule has 7 nitrogen and oxygen atoms in total. The second kappa shape index (κ2) is 10.7. The van der Waals surface area contributed by atoms with Gasteiger partial charge in [0.15, 0.2) is 6.61 Å². The van der Waals surface area contributed by atoms with E-state index >= 15 is 0 Å². The first-order valence-electron chi connectivity index (χ1n) is 8.88. The van der Waals surface area contributed by atoms with Crippen molar-refractivity contribution >= 4 is 24.2 Å². The molecule has 0 saturated carbocycles. The number of fused-ring (bicyclic) bond motifs is 1. The van der Waals surface area contributed by atoms with Crippen LogP contribution in [0.2, 0.25) is 0 Å². The Balaban J connectivity index is 0.00000280. The van der Waals surface area contributed by atoms with Gasteiger partial charge in [0.25, 0.3) is 5.91 Å². The summed E-state index contributed by atoms with van der Waals surface area (Å²) in [6.45, 7) is 0.901. The molecule has 4 N–H and O–H groups in total. The van der Waals surface area contributed by atoms with Crippen LogP contribution in [0, 0.1) is 0 Å². The molecule has 0 radical (unpaired) electrons. The number of halogens is 1. The van der Waals surface area contributed by atoms with Gasteiger partial charge < -0.3 is 15.4 Å². The molecule has 1 atom stereocenters. The molecule has 0 saturated heterocycles. The van der Waals surface area contributed by atoms with Crippen molar-refractivity contribution in [1.82, 2.24) is 16.1 Å². The van der Waals surface area contributed by atoms with Crippen molar-refractivity contribution in [3.63, 3.8) is 0 Å². The average Bonchev–Trinajstić information content (AvgIpc) is 2.72. The van der Waals surface area contributed by atoms with E-state index in [1.54, 1.807) is 6.07 Å². The molecule has 2 aromatic rings. The van der Waals surface area contributed by atoms with Crippen molar-refractivity contribution in [3.8, 4) is 5.75 Å². The van der Waals surface area contributed by atoms with Crippen molar-refractivity contribution in [2.24, 2.45) is 0 Å². The molecule has 0 unspecified atom stereocenters. The van der Waals surface area contributed by atoms with Crippen LogP contribution < -0.4 is 20.9 Å². The Bertz CT molecular complexity index is 801. The highest BCUT2D eigenvalue weighted by molar-refractivity contribution is 5.85. The van der Waals surface area contributed by atoms with Gasteiger partial charge in [-0.25, -0.2) is 5.48 Å². The van der Waals surface area contributed by atoms with E-state index in [-0.39, 0.29) is 31.0 Å². The highest BCUT2D eigenvalue weighted by atomic mass is 35.5. The maximum absolute atomic E-state index is 12.4. The number of hydrogen-bond acceptors (Lipinski definition) is 5. The third kappa shape index (κ3) is 5.95. The summed E-state index contributed by atoms with van der Waals surface area (Å²) in [4.78, 5) is 23.4. The summed E-state index contributed by atoms with van der Waals surface area (Å²) in [5, 5.41) is 14.7. The minimum absolute atomic E-state index is 0. The maximum atomic E-state index is 12.4. The lowest BCUT2D eigenvalue weighted by molar-refractivity contribution is -0.131. The van der Waals surface area contributed by atoms with Gasteiger partial charge in [-0.05, 0) is 41.7 Å². The quantitative estimate of drug-likeness (QED) is 0.412. The fraction of sp³-hybridized carbons (Fsp3) is 0.300. The predicted octanol–water partition coefficient (Wildman–Crippen LogP) is 1.37. The van der Waals surface area contributed by atoms with E-state index in [1.165, 1.54) is 11.0 Å². The van der Waals surface area contributed by atoms with Gasteiger partial charge in [0.1, 0.15) is 5.75 Å². The highest BCUT2D eigenvalue weighted by Gasteiger charge is 2.24. The molecule has 1 aliphatic heterocycles. The van der Waals surface area contributed by atoms with Gasteiger partial charge in [-0.15, -0.1) is 12.4 Å². The molecule has 150 valence electrons. The molecule has 28 heavy (non-hydrogen) atoms. The first-order valence-corrected chi connectivity index (χ1v) is 8.88. The number of amides is 2. The topological polar surface area (TPSA) is 99.7 Å². The molecule has 2 aromatic carbocycles.